The van der Waals surface area contributed by atoms with Crippen LogP contribution in [-0.2, 0) is 6.42 Å². The number of fused-ring (bicyclic) bond motifs is 1. The van der Waals surface area contributed by atoms with E-state index in [0.717, 1.165) is 12.5 Å². The molecule has 2 rings (SSSR count). The van der Waals surface area contributed by atoms with Crippen LogP contribution in [0.1, 0.15) is 82.3 Å². The molecule has 0 heterocycles. The number of likely N-dealkylation sites (N-methyl/N-ethyl adjacent to an activating group) is 1. The van der Waals surface area contributed by atoms with Gasteiger partial charge >= 0.3 is 0 Å². The third-order valence-corrected chi connectivity index (χ3v) is 4.99. The summed E-state index contributed by atoms with van der Waals surface area (Å²) in [5.74, 6) is 0.737. The number of hydrogen-bond donors (Lipinski definition) is 1. The van der Waals surface area contributed by atoms with Crippen molar-refractivity contribution in [3.05, 3.63) is 35.4 Å². The molecule has 21 heavy (non-hydrogen) atoms. The summed E-state index contributed by atoms with van der Waals surface area (Å²) in [4.78, 5) is 0. The van der Waals surface area contributed by atoms with Crippen molar-refractivity contribution >= 4 is 0 Å². The molecule has 0 bridgehead atoms. The second-order valence-corrected chi connectivity index (χ2v) is 6.56. The van der Waals surface area contributed by atoms with E-state index in [1.54, 1.807) is 11.1 Å². The first-order chi connectivity index (χ1) is 10.4. The highest BCUT2D eigenvalue weighted by atomic mass is 14.9. The van der Waals surface area contributed by atoms with Gasteiger partial charge in [0.2, 0.25) is 0 Å². The van der Waals surface area contributed by atoms with Gasteiger partial charge in [0, 0.05) is 6.04 Å². The van der Waals surface area contributed by atoms with Crippen molar-refractivity contribution in [3.63, 3.8) is 0 Å². The molecule has 0 saturated heterocycles. The highest BCUT2D eigenvalue weighted by molar-refractivity contribution is 5.33. The first kappa shape index (κ1) is 16.5. The van der Waals surface area contributed by atoms with E-state index in [0.29, 0.717) is 6.04 Å². The summed E-state index contributed by atoms with van der Waals surface area (Å²) in [5, 5.41) is 3.78. The minimum absolute atomic E-state index is 0.679. The molecule has 0 fully saturated rings. The summed E-state index contributed by atoms with van der Waals surface area (Å²) in [6.45, 7) is 5.64. The fraction of sp³-hybridized carbons (Fsp3) is 0.700. The number of nitrogens with one attached hydrogen (secondary N) is 1. The summed E-state index contributed by atoms with van der Waals surface area (Å²) < 4.78 is 0. The SMILES string of the molecule is CCCCCCCC(NCC)C1CCCc2ccccc21. The average Bonchev–Trinajstić information content (AvgIpc) is 2.53. The van der Waals surface area contributed by atoms with Gasteiger partial charge in [0.1, 0.15) is 0 Å². The molecule has 1 nitrogen and oxygen atoms in total. The minimum Gasteiger partial charge on any atom is -0.314 e. The fourth-order valence-electron chi connectivity index (χ4n) is 3.88. The molecular formula is C20H33N. The first-order valence-corrected chi connectivity index (χ1v) is 9.18. The maximum atomic E-state index is 3.78. The van der Waals surface area contributed by atoms with Gasteiger partial charge in [-0.2, -0.15) is 0 Å². The van der Waals surface area contributed by atoms with Gasteiger partial charge in [0.15, 0.2) is 0 Å². The molecule has 1 aliphatic carbocycles. The molecule has 2 unspecified atom stereocenters. The van der Waals surface area contributed by atoms with E-state index in [2.05, 4.69) is 43.4 Å². The third kappa shape index (κ3) is 4.85. The Morgan fingerprint density at radius 3 is 2.71 bits per heavy atom. The lowest BCUT2D eigenvalue weighted by Gasteiger charge is -2.33. The van der Waals surface area contributed by atoms with E-state index < -0.39 is 0 Å². The van der Waals surface area contributed by atoms with Gasteiger partial charge in [0.05, 0.1) is 0 Å². The van der Waals surface area contributed by atoms with Crippen LogP contribution >= 0.6 is 0 Å². The Bertz CT molecular complexity index is 399. The van der Waals surface area contributed by atoms with Crippen LogP contribution < -0.4 is 5.32 Å². The monoisotopic (exact) mass is 287 g/mol. The maximum absolute atomic E-state index is 3.78. The Balaban J connectivity index is 1.95. The van der Waals surface area contributed by atoms with Crippen LogP contribution in [0.5, 0.6) is 0 Å². The number of rotatable bonds is 9. The lowest BCUT2D eigenvalue weighted by molar-refractivity contribution is 0.367. The molecular weight excluding hydrogens is 254 g/mol. The van der Waals surface area contributed by atoms with Crippen molar-refractivity contribution < 1.29 is 0 Å². The van der Waals surface area contributed by atoms with Crippen molar-refractivity contribution in [2.75, 3.05) is 6.54 Å². The molecule has 1 aromatic rings. The second kappa shape index (κ2) is 9.25. The van der Waals surface area contributed by atoms with Crippen molar-refractivity contribution in [3.8, 4) is 0 Å². The number of aryl methyl sites for hydroxylation is 1. The average molecular weight is 287 g/mol. The van der Waals surface area contributed by atoms with Gasteiger partial charge in [-0.3, -0.25) is 0 Å². The summed E-state index contributed by atoms with van der Waals surface area (Å²) in [6.07, 6.45) is 12.3. The van der Waals surface area contributed by atoms with Crippen LogP contribution in [0, 0.1) is 0 Å². The highest BCUT2D eigenvalue weighted by Gasteiger charge is 2.26. The van der Waals surface area contributed by atoms with Crippen molar-refractivity contribution in [2.45, 2.75) is 83.6 Å². The summed E-state index contributed by atoms with van der Waals surface area (Å²) >= 11 is 0. The molecule has 1 aromatic carbocycles. The van der Waals surface area contributed by atoms with E-state index in [-0.39, 0.29) is 0 Å². The standard InChI is InChI=1S/C20H33N/c1-3-5-6-7-8-16-20(21-4-2)19-15-11-13-17-12-9-10-14-18(17)19/h9-10,12,14,19-21H,3-8,11,13,15-16H2,1-2H3. The first-order valence-electron chi connectivity index (χ1n) is 9.18. The van der Waals surface area contributed by atoms with E-state index in [4.69, 9.17) is 0 Å². The summed E-state index contributed by atoms with van der Waals surface area (Å²) in [6, 6.07) is 9.82. The summed E-state index contributed by atoms with van der Waals surface area (Å²) in [7, 11) is 0. The van der Waals surface area contributed by atoms with E-state index >= 15 is 0 Å². The quantitative estimate of drug-likeness (QED) is 0.596. The van der Waals surface area contributed by atoms with Crippen molar-refractivity contribution in [1.29, 1.82) is 0 Å². The van der Waals surface area contributed by atoms with Gasteiger partial charge < -0.3 is 5.32 Å². The second-order valence-electron chi connectivity index (χ2n) is 6.56. The number of hydrogen-bond acceptors (Lipinski definition) is 1. The predicted octanol–water partition coefficient (Wildman–Crippen LogP) is 5.45. The topological polar surface area (TPSA) is 12.0 Å². The van der Waals surface area contributed by atoms with Gasteiger partial charge in [0.25, 0.3) is 0 Å². The highest BCUT2D eigenvalue weighted by Crippen LogP contribution is 2.35. The molecule has 1 N–H and O–H groups in total. The lowest BCUT2D eigenvalue weighted by Crippen LogP contribution is -2.36. The van der Waals surface area contributed by atoms with Crippen LogP contribution in [0.2, 0.25) is 0 Å². The molecule has 0 aliphatic heterocycles. The van der Waals surface area contributed by atoms with Gasteiger partial charge in [-0.25, -0.2) is 0 Å². The molecule has 2 atom stereocenters. The molecule has 0 saturated carbocycles. The summed E-state index contributed by atoms with van der Waals surface area (Å²) in [5.41, 5.74) is 3.23. The van der Waals surface area contributed by atoms with Gasteiger partial charge in [-0.05, 0) is 49.3 Å². The van der Waals surface area contributed by atoms with Crippen LogP contribution in [0.15, 0.2) is 24.3 Å². The number of benzene rings is 1. The van der Waals surface area contributed by atoms with Crippen molar-refractivity contribution in [1.82, 2.24) is 5.32 Å². The smallest absolute Gasteiger partial charge is 0.0136 e. The molecule has 1 aliphatic rings. The van der Waals surface area contributed by atoms with Crippen LogP contribution in [0.4, 0.5) is 0 Å². The Hall–Kier alpha value is -0.820. The maximum Gasteiger partial charge on any atom is 0.0136 e. The minimum atomic E-state index is 0.679. The Morgan fingerprint density at radius 1 is 1.10 bits per heavy atom. The molecule has 118 valence electrons. The molecule has 0 spiro atoms. The zero-order valence-electron chi connectivity index (χ0n) is 14.0. The number of unbranched alkanes of at least 4 members (excludes halogenated alkanes) is 4. The molecule has 0 amide bonds. The zero-order valence-corrected chi connectivity index (χ0v) is 14.0. The van der Waals surface area contributed by atoms with Crippen LogP contribution in [-0.4, -0.2) is 12.6 Å². The van der Waals surface area contributed by atoms with E-state index in [1.807, 2.05) is 0 Å². The lowest BCUT2D eigenvalue weighted by atomic mass is 9.77. The third-order valence-electron chi connectivity index (χ3n) is 4.99. The van der Waals surface area contributed by atoms with Crippen LogP contribution in [0.25, 0.3) is 0 Å². The van der Waals surface area contributed by atoms with E-state index in [9.17, 15) is 0 Å². The van der Waals surface area contributed by atoms with Gasteiger partial charge in [-0.15, -0.1) is 0 Å². The molecule has 0 aromatic heterocycles. The Labute approximate surface area is 131 Å². The zero-order chi connectivity index (χ0) is 14.9. The normalized spacial score (nSPS) is 19.2. The fourth-order valence-corrected chi connectivity index (χ4v) is 3.88. The Morgan fingerprint density at radius 2 is 1.90 bits per heavy atom. The predicted molar refractivity (Wildman–Crippen MR) is 93.0 cm³/mol. The molecule has 1 heteroatoms. The van der Waals surface area contributed by atoms with Crippen LogP contribution in [0.3, 0.4) is 0 Å². The van der Waals surface area contributed by atoms with Crippen molar-refractivity contribution in [2.24, 2.45) is 0 Å². The van der Waals surface area contributed by atoms with E-state index in [1.165, 1.54) is 57.8 Å². The largest absolute Gasteiger partial charge is 0.314 e. The Kier molecular flexibility index (Phi) is 7.29. The van der Waals surface area contributed by atoms with Gasteiger partial charge in [-0.1, -0.05) is 70.2 Å². The molecule has 0 radical (unpaired) electrons.